The monoisotopic (exact) mass is 456 g/mol. The van der Waals surface area contributed by atoms with Gasteiger partial charge in [0.1, 0.15) is 24.7 Å². The molecule has 0 bridgehead atoms. The predicted octanol–water partition coefficient (Wildman–Crippen LogP) is 5.25. The molecule has 1 aliphatic rings. The van der Waals surface area contributed by atoms with Crippen LogP contribution in [0.1, 0.15) is 16.7 Å². The summed E-state index contributed by atoms with van der Waals surface area (Å²) < 4.78 is 11.3. The highest BCUT2D eigenvalue weighted by Gasteiger charge is 2.35. The van der Waals surface area contributed by atoms with Crippen LogP contribution in [0.2, 0.25) is 0 Å². The van der Waals surface area contributed by atoms with Crippen LogP contribution >= 0.6 is 11.8 Å². The molecule has 1 fully saturated rings. The first-order valence-corrected chi connectivity index (χ1v) is 11.1. The molecule has 3 aromatic carbocycles. The van der Waals surface area contributed by atoms with E-state index in [0.29, 0.717) is 35.0 Å². The molecule has 0 aromatic heterocycles. The van der Waals surface area contributed by atoms with Gasteiger partial charge in [0.05, 0.1) is 23.1 Å². The molecule has 164 valence electrons. The highest BCUT2D eigenvalue weighted by Crippen LogP contribution is 2.33. The summed E-state index contributed by atoms with van der Waals surface area (Å²) in [5.41, 5.74) is 1.87. The summed E-state index contributed by atoms with van der Waals surface area (Å²) in [6.07, 6.45) is 1.68. The molecule has 0 saturated carbocycles. The Bertz CT molecular complexity index is 1220. The Morgan fingerprint density at radius 2 is 1.48 bits per heavy atom. The number of para-hydroxylation sites is 1. The maximum atomic E-state index is 12.8. The molecule has 0 radical (unpaired) electrons. The number of carbonyl (C=O) groups excluding carboxylic acids is 2. The van der Waals surface area contributed by atoms with Crippen molar-refractivity contribution >= 4 is 29.0 Å². The van der Waals surface area contributed by atoms with Crippen LogP contribution in [-0.2, 0) is 11.3 Å². The minimum absolute atomic E-state index is 0.0730. The van der Waals surface area contributed by atoms with Crippen LogP contribution < -0.4 is 9.47 Å². The van der Waals surface area contributed by atoms with E-state index in [9.17, 15) is 14.9 Å². The van der Waals surface area contributed by atoms with Gasteiger partial charge in [-0.2, -0.15) is 5.26 Å². The fourth-order valence-corrected chi connectivity index (χ4v) is 4.06. The van der Waals surface area contributed by atoms with Gasteiger partial charge in [-0.1, -0.05) is 48.5 Å². The van der Waals surface area contributed by atoms with Crippen molar-refractivity contribution in [2.24, 2.45) is 0 Å². The standard InChI is InChI=1S/C26H20N2O4S/c27-17-20-6-4-5-7-21(20)18-28-25(29)24(33-26(28)30)16-19-10-12-23(13-11-19)32-15-14-31-22-8-2-1-3-9-22/h1-13,16H,14-15,18H2/b24-16+. The second-order valence-corrected chi connectivity index (χ2v) is 8.11. The molecule has 1 aliphatic heterocycles. The lowest BCUT2D eigenvalue weighted by Gasteiger charge is -2.13. The highest BCUT2D eigenvalue weighted by molar-refractivity contribution is 8.18. The molecule has 2 amide bonds. The Labute approximate surface area is 196 Å². The average molecular weight is 457 g/mol. The average Bonchev–Trinajstić information content (AvgIpc) is 3.11. The van der Waals surface area contributed by atoms with Gasteiger partial charge >= 0.3 is 0 Å². The zero-order chi connectivity index (χ0) is 23.0. The molecule has 0 N–H and O–H groups in total. The molecule has 0 unspecified atom stereocenters. The summed E-state index contributed by atoms with van der Waals surface area (Å²) in [4.78, 5) is 26.7. The second kappa shape index (κ2) is 10.5. The first-order chi connectivity index (χ1) is 16.1. The number of nitrogens with zero attached hydrogens (tertiary/aromatic N) is 2. The van der Waals surface area contributed by atoms with Crippen LogP contribution in [0.15, 0.2) is 83.8 Å². The first kappa shape index (κ1) is 22.2. The van der Waals surface area contributed by atoms with Gasteiger partial charge in [0.2, 0.25) is 0 Å². The summed E-state index contributed by atoms with van der Waals surface area (Å²) >= 11 is 0.896. The van der Waals surface area contributed by atoms with Gasteiger partial charge in [-0.05, 0) is 59.3 Å². The van der Waals surface area contributed by atoms with E-state index in [0.717, 1.165) is 28.0 Å². The van der Waals surface area contributed by atoms with Crippen LogP contribution in [0.5, 0.6) is 11.5 Å². The van der Waals surface area contributed by atoms with E-state index in [1.54, 1.807) is 30.3 Å². The third kappa shape index (κ3) is 5.62. The van der Waals surface area contributed by atoms with Gasteiger partial charge in [0.15, 0.2) is 0 Å². The van der Waals surface area contributed by atoms with E-state index in [2.05, 4.69) is 6.07 Å². The molecular formula is C26H20N2O4S. The third-order valence-corrected chi connectivity index (χ3v) is 5.79. The Morgan fingerprint density at radius 3 is 2.18 bits per heavy atom. The van der Waals surface area contributed by atoms with Crippen molar-refractivity contribution in [1.29, 1.82) is 5.26 Å². The van der Waals surface area contributed by atoms with E-state index < -0.39 is 0 Å². The highest BCUT2D eigenvalue weighted by atomic mass is 32.2. The van der Waals surface area contributed by atoms with E-state index >= 15 is 0 Å². The number of benzene rings is 3. The lowest BCUT2D eigenvalue weighted by Crippen LogP contribution is -2.27. The third-order valence-electron chi connectivity index (χ3n) is 4.88. The molecule has 33 heavy (non-hydrogen) atoms. The molecule has 3 aromatic rings. The Morgan fingerprint density at radius 1 is 0.848 bits per heavy atom. The summed E-state index contributed by atoms with van der Waals surface area (Å²) in [6.45, 7) is 0.898. The SMILES string of the molecule is N#Cc1ccccc1CN1C(=O)S/C(=C/c2ccc(OCCOc3ccccc3)cc2)C1=O. The van der Waals surface area contributed by atoms with Gasteiger partial charge in [-0.15, -0.1) is 0 Å². The van der Waals surface area contributed by atoms with Crippen molar-refractivity contribution in [2.75, 3.05) is 13.2 Å². The molecule has 7 heteroatoms. The van der Waals surface area contributed by atoms with Crippen LogP contribution in [0.4, 0.5) is 4.79 Å². The zero-order valence-electron chi connectivity index (χ0n) is 17.6. The van der Waals surface area contributed by atoms with Crippen molar-refractivity contribution in [3.63, 3.8) is 0 Å². The van der Waals surface area contributed by atoms with Crippen molar-refractivity contribution in [1.82, 2.24) is 4.90 Å². The molecule has 1 saturated heterocycles. The lowest BCUT2D eigenvalue weighted by molar-refractivity contribution is -0.123. The minimum atomic E-state index is -0.365. The molecule has 0 aliphatic carbocycles. The van der Waals surface area contributed by atoms with Gasteiger partial charge < -0.3 is 9.47 Å². The van der Waals surface area contributed by atoms with Crippen molar-refractivity contribution in [3.8, 4) is 17.6 Å². The summed E-state index contributed by atoms with van der Waals surface area (Å²) in [6, 6.07) is 25.8. The molecule has 0 spiro atoms. The normalized spacial score (nSPS) is 14.4. The number of thioether (sulfide) groups is 1. The van der Waals surface area contributed by atoms with E-state index in [1.165, 1.54) is 0 Å². The fourth-order valence-electron chi connectivity index (χ4n) is 3.22. The van der Waals surface area contributed by atoms with Gasteiger partial charge in [-0.3, -0.25) is 14.5 Å². The van der Waals surface area contributed by atoms with E-state index in [-0.39, 0.29) is 17.7 Å². The maximum absolute atomic E-state index is 12.8. The summed E-state index contributed by atoms with van der Waals surface area (Å²) in [5.74, 6) is 1.11. The minimum Gasteiger partial charge on any atom is -0.490 e. The van der Waals surface area contributed by atoms with Crippen LogP contribution in [-0.4, -0.2) is 29.3 Å². The number of carbonyl (C=O) groups is 2. The molecule has 6 nitrogen and oxygen atoms in total. The van der Waals surface area contributed by atoms with Crippen molar-refractivity contribution < 1.29 is 19.1 Å². The van der Waals surface area contributed by atoms with Gasteiger partial charge in [0.25, 0.3) is 11.1 Å². The number of amides is 2. The summed E-state index contributed by atoms with van der Waals surface area (Å²) in [7, 11) is 0. The van der Waals surface area contributed by atoms with E-state index in [1.807, 2.05) is 54.6 Å². The number of nitriles is 1. The number of hydrogen-bond acceptors (Lipinski definition) is 6. The molecule has 4 rings (SSSR count). The predicted molar refractivity (Wildman–Crippen MR) is 127 cm³/mol. The largest absolute Gasteiger partial charge is 0.490 e. The number of imide groups is 1. The van der Waals surface area contributed by atoms with Crippen molar-refractivity contribution in [2.45, 2.75) is 6.54 Å². The maximum Gasteiger partial charge on any atom is 0.293 e. The smallest absolute Gasteiger partial charge is 0.293 e. The Balaban J connectivity index is 1.34. The number of rotatable bonds is 8. The van der Waals surface area contributed by atoms with Crippen LogP contribution in [0.25, 0.3) is 6.08 Å². The molecular weight excluding hydrogens is 436 g/mol. The fraction of sp³-hybridized carbons (Fsp3) is 0.115. The zero-order valence-corrected chi connectivity index (χ0v) is 18.5. The van der Waals surface area contributed by atoms with E-state index in [4.69, 9.17) is 9.47 Å². The lowest BCUT2D eigenvalue weighted by atomic mass is 10.1. The molecule has 0 atom stereocenters. The van der Waals surface area contributed by atoms with Crippen LogP contribution in [0.3, 0.4) is 0 Å². The van der Waals surface area contributed by atoms with Crippen LogP contribution in [0, 0.1) is 11.3 Å². The van der Waals surface area contributed by atoms with Crippen molar-refractivity contribution in [3.05, 3.63) is 100 Å². The number of hydrogen-bond donors (Lipinski definition) is 0. The quantitative estimate of drug-likeness (QED) is 0.340. The first-order valence-electron chi connectivity index (χ1n) is 10.3. The van der Waals surface area contributed by atoms with Gasteiger partial charge in [0, 0.05) is 0 Å². The van der Waals surface area contributed by atoms with Gasteiger partial charge in [-0.25, -0.2) is 0 Å². The number of ether oxygens (including phenoxy) is 2. The Hall–Kier alpha value is -4.02. The second-order valence-electron chi connectivity index (χ2n) is 7.12. The molecule has 1 heterocycles. The topological polar surface area (TPSA) is 79.6 Å². The summed E-state index contributed by atoms with van der Waals surface area (Å²) in [5, 5.41) is 8.89. The Kier molecular flexibility index (Phi) is 7.08.